The highest BCUT2D eigenvalue weighted by atomic mass is 32.2. The summed E-state index contributed by atoms with van der Waals surface area (Å²) < 4.78 is 28.2. The maximum Gasteiger partial charge on any atom is 0.241 e. The molecule has 0 bridgehead atoms. The summed E-state index contributed by atoms with van der Waals surface area (Å²) in [6, 6.07) is 15.1. The van der Waals surface area contributed by atoms with Gasteiger partial charge in [0.2, 0.25) is 16.0 Å². The number of aromatic nitrogens is 2. The van der Waals surface area contributed by atoms with E-state index in [4.69, 9.17) is 0 Å². The number of anilines is 4. The van der Waals surface area contributed by atoms with Crippen LogP contribution >= 0.6 is 0 Å². The molecule has 198 valence electrons. The quantitative estimate of drug-likeness (QED) is 0.329. The van der Waals surface area contributed by atoms with Gasteiger partial charge >= 0.3 is 0 Å². The highest BCUT2D eigenvalue weighted by Crippen LogP contribution is 2.24. The number of hydrogen-bond acceptors (Lipinski definition) is 7. The van der Waals surface area contributed by atoms with Crippen molar-refractivity contribution < 1.29 is 8.42 Å². The molecular weight excluding hydrogens is 484 g/mol. The van der Waals surface area contributed by atoms with Crippen LogP contribution in [0.3, 0.4) is 0 Å². The van der Waals surface area contributed by atoms with Crippen LogP contribution in [-0.4, -0.2) is 48.5 Å². The summed E-state index contributed by atoms with van der Waals surface area (Å²) in [5.41, 5.74) is 3.15. The Kier molecular flexibility index (Phi) is 8.46. The van der Waals surface area contributed by atoms with Crippen LogP contribution in [0.4, 0.5) is 23.1 Å². The molecule has 4 rings (SSSR count). The first-order valence-corrected chi connectivity index (χ1v) is 14.4. The number of nitrogens with zero attached hydrogens (tertiary/aromatic N) is 3. The fourth-order valence-electron chi connectivity index (χ4n) is 4.37. The number of rotatable bonds is 10. The van der Waals surface area contributed by atoms with Gasteiger partial charge in [-0.25, -0.2) is 18.1 Å². The van der Waals surface area contributed by atoms with E-state index < -0.39 is 15.6 Å². The lowest BCUT2D eigenvalue weighted by molar-refractivity contribution is 0.334. The van der Waals surface area contributed by atoms with Gasteiger partial charge in [0.25, 0.3) is 0 Å². The molecule has 0 amide bonds. The average molecular weight is 523 g/mol. The molecule has 1 aliphatic heterocycles. The van der Waals surface area contributed by atoms with Crippen LogP contribution in [0.15, 0.2) is 59.6 Å². The second-order valence-corrected chi connectivity index (χ2v) is 12.4. The predicted molar refractivity (Wildman–Crippen MR) is 150 cm³/mol. The topological polar surface area (TPSA) is 99.2 Å². The van der Waals surface area contributed by atoms with Crippen LogP contribution in [0.25, 0.3) is 0 Å². The summed E-state index contributed by atoms with van der Waals surface area (Å²) in [4.78, 5) is 11.8. The molecule has 8 nitrogen and oxygen atoms in total. The Morgan fingerprint density at radius 2 is 1.70 bits per heavy atom. The van der Waals surface area contributed by atoms with E-state index in [2.05, 4.69) is 54.5 Å². The van der Waals surface area contributed by atoms with Crippen LogP contribution in [-0.2, 0) is 16.4 Å². The van der Waals surface area contributed by atoms with Crippen molar-refractivity contribution in [1.82, 2.24) is 19.6 Å². The van der Waals surface area contributed by atoms with E-state index in [0.717, 1.165) is 17.7 Å². The van der Waals surface area contributed by atoms with Crippen LogP contribution in [0.2, 0.25) is 0 Å². The third-order valence-corrected chi connectivity index (χ3v) is 7.92. The number of benzene rings is 2. The van der Waals surface area contributed by atoms with Gasteiger partial charge in [-0.2, -0.15) is 4.98 Å². The zero-order valence-electron chi connectivity index (χ0n) is 22.2. The molecule has 0 aliphatic carbocycles. The van der Waals surface area contributed by atoms with E-state index >= 15 is 0 Å². The molecule has 1 fully saturated rings. The molecule has 0 saturated carbocycles. The number of sulfonamides is 1. The van der Waals surface area contributed by atoms with Crippen molar-refractivity contribution in [2.45, 2.75) is 63.8 Å². The van der Waals surface area contributed by atoms with Gasteiger partial charge in [-0.15, -0.1) is 0 Å². The Morgan fingerprint density at radius 1 is 0.973 bits per heavy atom. The number of likely N-dealkylation sites (tertiary alicyclic amines) is 1. The van der Waals surface area contributed by atoms with Crippen molar-refractivity contribution in [2.24, 2.45) is 0 Å². The molecule has 1 aliphatic rings. The summed E-state index contributed by atoms with van der Waals surface area (Å²) in [5.74, 6) is 1.07. The summed E-state index contributed by atoms with van der Waals surface area (Å²) in [7, 11) is -3.64. The number of aryl methyl sites for hydroxylation is 2. The van der Waals surface area contributed by atoms with Crippen LogP contribution in [0.1, 0.15) is 51.2 Å². The lowest BCUT2D eigenvalue weighted by atomic mass is 10.1. The van der Waals surface area contributed by atoms with E-state index in [1.807, 2.05) is 33.8 Å². The first-order valence-electron chi connectivity index (χ1n) is 12.9. The Balaban J connectivity index is 1.39. The smallest absolute Gasteiger partial charge is 0.241 e. The number of nitrogens with one attached hydrogen (secondary N) is 3. The highest BCUT2D eigenvalue weighted by molar-refractivity contribution is 7.89. The molecular formula is C28H38N6O2S. The molecule has 0 atom stereocenters. The van der Waals surface area contributed by atoms with Crippen LogP contribution in [0.5, 0.6) is 0 Å². The third-order valence-electron chi connectivity index (χ3n) is 6.17. The fourth-order valence-corrected chi connectivity index (χ4v) is 5.83. The van der Waals surface area contributed by atoms with Gasteiger partial charge in [0, 0.05) is 28.7 Å². The molecule has 37 heavy (non-hydrogen) atoms. The number of hydrogen-bond donors (Lipinski definition) is 3. The van der Waals surface area contributed by atoms with Gasteiger partial charge in [-0.3, -0.25) is 0 Å². The minimum Gasteiger partial charge on any atom is -0.340 e. The highest BCUT2D eigenvalue weighted by Gasteiger charge is 2.22. The van der Waals surface area contributed by atoms with E-state index in [-0.39, 0.29) is 4.90 Å². The Bertz CT molecular complexity index is 1300. The van der Waals surface area contributed by atoms with Gasteiger partial charge in [-0.1, -0.05) is 18.2 Å². The molecule has 9 heteroatoms. The minimum atomic E-state index is -3.64. The SMILES string of the molecule is Cc1cnc(Nc2ccc(CCCN3CCCC3)cc2)nc1Nc1cccc(S(=O)(=O)NC(C)(C)C)c1. The molecule has 2 aromatic carbocycles. The molecule has 1 saturated heterocycles. The summed E-state index contributed by atoms with van der Waals surface area (Å²) in [5, 5.41) is 6.51. The first-order chi connectivity index (χ1) is 17.6. The third kappa shape index (κ3) is 7.99. The van der Waals surface area contributed by atoms with Crippen LogP contribution < -0.4 is 15.4 Å². The van der Waals surface area contributed by atoms with Gasteiger partial charge in [0.1, 0.15) is 5.82 Å². The average Bonchev–Trinajstić information content (AvgIpc) is 3.35. The monoisotopic (exact) mass is 522 g/mol. The van der Waals surface area contributed by atoms with E-state index in [9.17, 15) is 8.42 Å². The lowest BCUT2D eigenvalue weighted by Crippen LogP contribution is -2.40. The fraction of sp³-hybridized carbons (Fsp3) is 0.429. The van der Waals surface area contributed by atoms with Crippen LogP contribution in [0, 0.1) is 6.92 Å². The van der Waals surface area contributed by atoms with E-state index in [1.54, 1.807) is 24.4 Å². The van der Waals surface area contributed by atoms with Gasteiger partial charge < -0.3 is 15.5 Å². The van der Waals surface area contributed by atoms with Crippen molar-refractivity contribution in [1.29, 1.82) is 0 Å². The van der Waals surface area contributed by atoms with Gasteiger partial charge in [0.15, 0.2) is 0 Å². The summed E-state index contributed by atoms with van der Waals surface area (Å²) in [6.45, 7) is 11.0. The standard InChI is InChI=1S/C28H38N6O2S/c1-21-20-29-27(31-23-14-12-22(13-15-23)9-8-18-34-16-5-6-17-34)32-26(21)30-24-10-7-11-25(19-24)37(35,36)33-28(2,3)4/h7,10-15,19-20,33H,5-6,8-9,16-18H2,1-4H3,(H2,29,30,31,32). The molecule has 0 unspecified atom stereocenters. The van der Waals surface area contributed by atoms with Gasteiger partial charge in [0.05, 0.1) is 4.90 Å². The molecule has 3 aromatic rings. The summed E-state index contributed by atoms with van der Waals surface area (Å²) >= 11 is 0. The van der Waals surface area contributed by atoms with Crippen molar-refractivity contribution >= 4 is 33.2 Å². The zero-order chi connectivity index (χ0) is 26.5. The molecule has 2 heterocycles. The second-order valence-electron chi connectivity index (χ2n) is 10.7. The Morgan fingerprint density at radius 3 is 2.41 bits per heavy atom. The normalized spacial score (nSPS) is 14.6. The maximum atomic E-state index is 12.7. The minimum absolute atomic E-state index is 0.193. The van der Waals surface area contributed by atoms with E-state index in [1.165, 1.54) is 44.5 Å². The molecule has 3 N–H and O–H groups in total. The van der Waals surface area contributed by atoms with Crippen molar-refractivity contribution in [3.05, 3.63) is 65.9 Å². The Labute approximate surface area is 221 Å². The van der Waals surface area contributed by atoms with E-state index in [0.29, 0.717) is 17.5 Å². The first kappa shape index (κ1) is 27.0. The predicted octanol–water partition coefficient (Wildman–Crippen LogP) is 5.38. The maximum absolute atomic E-state index is 12.7. The molecule has 1 aromatic heterocycles. The van der Waals surface area contributed by atoms with Crippen molar-refractivity contribution in [3.8, 4) is 0 Å². The largest absolute Gasteiger partial charge is 0.340 e. The zero-order valence-corrected chi connectivity index (χ0v) is 23.0. The van der Waals surface area contributed by atoms with Gasteiger partial charge in [-0.05, 0) is 109 Å². The lowest BCUT2D eigenvalue weighted by Gasteiger charge is -2.20. The Hall–Kier alpha value is -3.01. The summed E-state index contributed by atoms with van der Waals surface area (Å²) in [6.07, 6.45) is 6.67. The molecule has 0 spiro atoms. The van der Waals surface area contributed by atoms with Crippen molar-refractivity contribution in [2.75, 3.05) is 30.3 Å². The van der Waals surface area contributed by atoms with Crippen molar-refractivity contribution in [3.63, 3.8) is 0 Å². The molecule has 0 radical (unpaired) electrons. The second kappa shape index (κ2) is 11.6.